The zero-order chi connectivity index (χ0) is 16.9. The maximum atomic E-state index is 11.4. The Hall–Kier alpha value is -2.95. The standard InChI is InChI=1S/C19H19N3O2/c1-13-3-8-17-16(11-13)18(22-12-21-17)20-10-9-14-4-6-15(7-5-14)19(23)24-2/h3-8,11-12H,9-10H2,1-2H3,(H,20,21,22). The average molecular weight is 321 g/mol. The number of rotatable bonds is 5. The number of benzene rings is 2. The molecule has 2 aromatic carbocycles. The van der Waals surface area contributed by atoms with Crippen LogP contribution in [0.5, 0.6) is 0 Å². The third-order valence-electron chi connectivity index (χ3n) is 3.87. The molecular weight excluding hydrogens is 302 g/mol. The van der Waals surface area contributed by atoms with Crippen molar-refractivity contribution in [3.63, 3.8) is 0 Å². The molecule has 3 aromatic rings. The van der Waals surface area contributed by atoms with Crippen molar-refractivity contribution >= 4 is 22.7 Å². The first-order valence-corrected chi connectivity index (χ1v) is 7.80. The van der Waals surface area contributed by atoms with Crippen LogP contribution in [0.2, 0.25) is 0 Å². The fourth-order valence-corrected chi connectivity index (χ4v) is 2.56. The molecule has 0 saturated heterocycles. The van der Waals surface area contributed by atoms with Gasteiger partial charge in [0.2, 0.25) is 0 Å². The molecule has 0 aliphatic rings. The second-order valence-corrected chi connectivity index (χ2v) is 5.61. The van der Waals surface area contributed by atoms with Crippen LogP contribution in [0.4, 0.5) is 5.82 Å². The van der Waals surface area contributed by atoms with Crippen LogP contribution in [0.3, 0.4) is 0 Å². The lowest BCUT2D eigenvalue weighted by atomic mass is 10.1. The summed E-state index contributed by atoms with van der Waals surface area (Å²) in [7, 11) is 1.38. The second kappa shape index (κ2) is 7.08. The van der Waals surface area contributed by atoms with Crippen LogP contribution in [0.15, 0.2) is 48.8 Å². The van der Waals surface area contributed by atoms with Gasteiger partial charge in [-0.25, -0.2) is 14.8 Å². The fraction of sp³-hybridized carbons (Fsp3) is 0.211. The first kappa shape index (κ1) is 15.9. The third-order valence-corrected chi connectivity index (χ3v) is 3.87. The maximum absolute atomic E-state index is 11.4. The highest BCUT2D eigenvalue weighted by molar-refractivity contribution is 5.89. The van der Waals surface area contributed by atoms with Crippen LogP contribution in [0.25, 0.3) is 10.9 Å². The number of methoxy groups -OCH3 is 1. The highest BCUT2D eigenvalue weighted by Crippen LogP contribution is 2.20. The van der Waals surface area contributed by atoms with Crippen molar-refractivity contribution in [3.05, 3.63) is 65.5 Å². The lowest BCUT2D eigenvalue weighted by Crippen LogP contribution is -2.07. The van der Waals surface area contributed by atoms with Gasteiger partial charge in [0, 0.05) is 11.9 Å². The second-order valence-electron chi connectivity index (χ2n) is 5.61. The SMILES string of the molecule is COC(=O)c1ccc(CCNc2ncnc3ccc(C)cc23)cc1. The molecule has 0 saturated carbocycles. The molecular formula is C19H19N3O2. The van der Waals surface area contributed by atoms with E-state index < -0.39 is 0 Å². The van der Waals surface area contributed by atoms with Crippen LogP contribution < -0.4 is 5.32 Å². The lowest BCUT2D eigenvalue weighted by molar-refractivity contribution is 0.0600. The molecule has 0 amide bonds. The fourth-order valence-electron chi connectivity index (χ4n) is 2.56. The summed E-state index contributed by atoms with van der Waals surface area (Å²) in [5.41, 5.74) is 3.82. The summed E-state index contributed by atoms with van der Waals surface area (Å²) in [6.07, 6.45) is 2.41. The molecule has 24 heavy (non-hydrogen) atoms. The predicted molar refractivity (Wildman–Crippen MR) is 94.3 cm³/mol. The number of hydrogen-bond acceptors (Lipinski definition) is 5. The summed E-state index contributed by atoms with van der Waals surface area (Å²) in [5, 5.41) is 4.40. The van der Waals surface area contributed by atoms with E-state index in [1.807, 2.05) is 24.3 Å². The molecule has 5 heteroatoms. The van der Waals surface area contributed by atoms with E-state index in [0.717, 1.165) is 35.2 Å². The zero-order valence-electron chi connectivity index (χ0n) is 13.7. The van der Waals surface area contributed by atoms with Crippen molar-refractivity contribution in [1.29, 1.82) is 0 Å². The molecule has 0 aliphatic heterocycles. The Labute approximate surface area is 140 Å². The van der Waals surface area contributed by atoms with Crippen molar-refractivity contribution in [2.45, 2.75) is 13.3 Å². The molecule has 0 fully saturated rings. The molecule has 1 heterocycles. The quantitative estimate of drug-likeness (QED) is 0.730. The summed E-state index contributed by atoms with van der Waals surface area (Å²) in [6.45, 7) is 2.80. The molecule has 1 aromatic heterocycles. The predicted octanol–water partition coefficient (Wildman–Crippen LogP) is 3.38. The van der Waals surface area contributed by atoms with Crippen LogP contribution in [0.1, 0.15) is 21.5 Å². The van der Waals surface area contributed by atoms with E-state index in [2.05, 4.69) is 28.3 Å². The van der Waals surface area contributed by atoms with Gasteiger partial charge in [-0.15, -0.1) is 0 Å². The molecule has 0 unspecified atom stereocenters. The minimum atomic E-state index is -0.317. The van der Waals surface area contributed by atoms with Crippen molar-refractivity contribution in [2.75, 3.05) is 19.0 Å². The lowest BCUT2D eigenvalue weighted by Gasteiger charge is -2.09. The molecule has 122 valence electrons. The van der Waals surface area contributed by atoms with E-state index in [0.29, 0.717) is 5.56 Å². The number of fused-ring (bicyclic) bond motifs is 1. The Kier molecular flexibility index (Phi) is 4.70. The molecule has 0 atom stereocenters. The summed E-state index contributed by atoms with van der Waals surface area (Å²) in [4.78, 5) is 20.1. The number of hydrogen-bond donors (Lipinski definition) is 1. The molecule has 0 spiro atoms. The number of carbonyl (C=O) groups is 1. The van der Waals surface area contributed by atoms with Crippen molar-refractivity contribution in [3.8, 4) is 0 Å². The Morgan fingerprint density at radius 3 is 2.67 bits per heavy atom. The molecule has 0 radical (unpaired) electrons. The maximum Gasteiger partial charge on any atom is 0.337 e. The van der Waals surface area contributed by atoms with Crippen LogP contribution in [0, 0.1) is 6.92 Å². The number of nitrogens with one attached hydrogen (secondary N) is 1. The third kappa shape index (κ3) is 3.51. The number of anilines is 1. The van der Waals surface area contributed by atoms with Crippen molar-refractivity contribution < 1.29 is 9.53 Å². The van der Waals surface area contributed by atoms with Gasteiger partial charge in [0.15, 0.2) is 0 Å². The Morgan fingerprint density at radius 1 is 1.12 bits per heavy atom. The van der Waals surface area contributed by atoms with E-state index in [1.165, 1.54) is 12.7 Å². The van der Waals surface area contributed by atoms with E-state index in [9.17, 15) is 4.79 Å². The normalized spacial score (nSPS) is 10.6. The van der Waals surface area contributed by atoms with Gasteiger partial charge in [-0.3, -0.25) is 0 Å². The first-order chi connectivity index (χ1) is 11.7. The van der Waals surface area contributed by atoms with Gasteiger partial charge in [-0.1, -0.05) is 23.8 Å². The van der Waals surface area contributed by atoms with Gasteiger partial charge in [0.1, 0.15) is 12.1 Å². The number of aryl methyl sites for hydroxylation is 1. The van der Waals surface area contributed by atoms with E-state index in [1.54, 1.807) is 18.5 Å². The highest BCUT2D eigenvalue weighted by Gasteiger charge is 2.05. The molecule has 1 N–H and O–H groups in total. The van der Waals surface area contributed by atoms with E-state index in [4.69, 9.17) is 4.74 Å². The smallest absolute Gasteiger partial charge is 0.337 e. The average Bonchev–Trinajstić information content (AvgIpc) is 2.62. The molecule has 3 rings (SSSR count). The molecule has 5 nitrogen and oxygen atoms in total. The van der Waals surface area contributed by atoms with E-state index >= 15 is 0 Å². The molecule has 0 bridgehead atoms. The monoisotopic (exact) mass is 321 g/mol. The topological polar surface area (TPSA) is 64.1 Å². The van der Waals surface area contributed by atoms with E-state index in [-0.39, 0.29) is 5.97 Å². The van der Waals surface area contributed by atoms with Gasteiger partial charge >= 0.3 is 5.97 Å². The van der Waals surface area contributed by atoms with Gasteiger partial charge < -0.3 is 10.1 Å². The first-order valence-electron chi connectivity index (χ1n) is 7.80. The summed E-state index contributed by atoms with van der Waals surface area (Å²) < 4.78 is 4.70. The largest absolute Gasteiger partial charge is 0.465 e. The number of carbonyl (C=O) groups excluding carboxylic acids is 1. The van der Waals surface area contributed by atoms with Crippen molar-refractivity contribution in [1.82, 2.24) is 9.97 Å². The summed E-state index contributed by atoms with van der Waals surface area (Å²) in [6, 6.07) is 13.6. The highest BCUT2D eigenvalue weighted by atomic mass is 16.5. The van der Waals surface area contributed by atoms with Gasteiger partial charge in [0.25, 0.3) is 0 Å². The molecule has 0 aliphatic carbocycles. The number of esters is 1. The minimum Gasteiger partial charge on any atom is -0.465 e. The minimum absolute atomic E-state index is 0.317. The Balaban J connectivity index is 1.66. The van der Waals surface area contributed by atoms with Crippen LogP contribution >= 0.6 is 0 Å². The van der Waals surface area contributed by atoms with Crippen LogP contribution in [-0.2, 0) is 11.2 Å². The Bertz CT molecular complexity index is 860. The van der Waals surface area contributed by atoms with Gasteiger partial charge in [0.05, 0.1) is 18.2 Å². The zero-order valence-corrected chi connectivity index (χ0v) is 13.7. The number of ether oxygens (including phenoxy) is 1. The summed E-state index contributed by atoms with van der Waals surface area (Å²) >= 11 is 0. The van der Waals surface area contributed by atoms with Crippen molar-refractivity contribution in [2.24, 2.45) is 0 Å². The Morgan fingerprint density at radius 2 is 1.92 bits per heavy atom. The van der Waals surface area contributed by atoms with Gasteiger partial charge in [-0.05, 0) is 43.2 Å². The van der Waals surface area contributed by atoms with Gasteiger partial charge in [-0.2, -0.15) is 0 Å². The number of nitrogens with zero attached hydrogens (tertiary/aromatic N) is 2. The number of aromatic nitrogens is 2. The van der Waals surface area contributed by atoms with Crippen LogP contribution in [-0.4, -0.2) is 29.6 Å². The summed E-state index contributed by atoms with van der Waals surface area (Å²) in [5.74, 6) is 0.525.